The summed E-state index contributed by atoms with van der Waals surface area (Å²) in [7, 11) is 1.22. The third kappa shape index (κ3) is 8.00. The number of aliphatic carboxylic acids is 1. The van der Waals surface area contributed by atoms with E-state index in [-0.39, 0.29) is 5.57 Å². The molecule has 0 aliphatic carbocycles. The number of carboxylic acid groups (broad SMARTS) is 1. The predicted molar refractivity (Wildman–Crippen MR) is 95.3 cm³/mol. The second kappa shape index (κ2) is 13.3. The van der Waals surface area contributed by atoms with Crippen molar-refractivity contribution in [1.82, 2.24) is 0 Å². The summed E-state index contributed by atoms with van der Waals surface area (Å²) < 4.78 is 4.64. The summed E-state index contributed by atoms with van der Waals surface area (Å²) in [6.07, 6.45) is 1.08. The zero-order chi connectivity index (χ0) is 18.4. The van der Waals surface area contributed by atoms with E-state index in [2.05, 4.69) is 11.3 Å². The second-order valence-electron chi connectivity index (χ2n) is 4.03. The number of carbonyl (C=O) groups is 2. The number of aryl methyl sites for hydroxylation is 1. The quantitative estimate of drug-likeness (QED) is 0.488. The SMILES string of the molecule is C=C/C(=C(\CC(=O)O)C(=O)OC)c1cccc(C)c1.CC.CC. The van der Waals surface area contributed by atoms with E-state index in [0.717, 1.165) is 11.1 Å². The lowest BCUT2D eigenvalue weighted by atomic mass is 9.96. The molecule has 0 aromatic heterocycles. The smallest absolute Gasteiger partial charge is 0.334 e. The van der Waals surface area contributed by atoms with E-state index < -0.39 is 18.4 Å². The number of ether oxygens (including phenoxy) is 1. The summed E-state index contributed by atoms with van der Waals surface area (Å²) in [5.74, 6) is -1.74. The van der Waals surface area contributed by atoms with Crippen LogP contribution >= 0.6 is 0 Å². The van der Waals surface area contributed by atoms with Gasteiger partial charge in [-0.05, 0) is 18.1 Å². The maximum atomic E-state index is 11.7. The van der Waals surface area contributed by atoms with Crippen molar-refractivity contribution in [2.24, 2.45) is 0 Å². The largest absolute Gasteiger partial charge is 0.481 e. The van der Waals surface area contributed by atoms with Gasteiger partial charge in [0, 0.05) is 0 Å². The fraction of sp³-hybridized carbons (Fsp3) is 0.368. The van der Waals surface area contributed by atoms with Gasteiger partial charge in [-0.15, -0.1) is 0 Å². The molecule has 0 amide bonds. The molecule has 0 saturated heterocycles. The number of hydrogen-bond donors (Lipinski definition) is 1. The van der Waals surface area contributed by atoms with Crippen LogP contribution in [0, 0.1) is 6.92 Å². The van der Waals surface area contributed by atoms with Crippen LogP contribution in [0.4, 0.5) is 0 Å². The molecule has 0 aliphatic rings. The third-order valence-corrected chi connectivity index (χ3v) is 2.62. The first kappa shape index (κ1) is 22.9. The Morgan fingerprint density at radius 2 is 1.78 bits per heavy atom. The van der Waals surface area contributed by atoms with Crippen LogP contribution in [0.15, 0.2) is 42.5 Å². The molecule has 4 heteroatoms. The lowest BCUT2D eigenvalue weighted by molar-refractivity contribution is -0.141. The first-order chi connectivity index (χ1) is 11.0. The summed E-state index contributed by atoms with van der Waals surface area (Å²) in [4.78, 5) is 22.6. The summed E-state index contributed by atoms with van der Waals surface area (Å²) in [6.45, 7) is 13.6. The third-order valence-electron chi connectivity index (χ3n) is 2.62. The van der Waals surface area contributed by atoms with Crippen molar-refractivity contribution in [3.63, 3.8) is 0 Å². The maximum absolute atomic E-state index is 11.7. The van der Waals surface area contributed by atoms with Crippen molar-refractivity contribution in [3.05, 3.63) is 53.6 Å². The molecule has 1 rings (SSSR count). The number of rotatable bonds is 5. The van der Waals surface area contributed by atoms with Crippen LogP contribution < -0.4 is 0 Å². The van der Waals surface area contributed by atoms with Crippen LogP contribution in [-0.2, 0) is 14.3 Å². The Labute approximate surface area is 139 Å². The van der Waals surface area contributed by atoms with Gasteiger partial charge >= 0.3 is 11.9 Å². The van der Waals surface area contributed by atoms with E-state index in [1.54, 1.807) is 6.07 Å². The van der Waals surface area contributed by atoms with Crippen LogP contribution in [0.2, 0.25) is 0 Å². The molecule has 0 unspecified atom stereocenters. The van der Waals surface area contributed by atoms with Crippen LogP contribution in [0.25, 0.3) is 5.57 Å². The number of allylic oxidation sites excluding steroid dienone is 2. The van der Waals surface area contributed by atoms with E-state index in [9.17, 15) is 9.59 Å². The summed E-state index contributed by atoms with van der Waals surface area (Å²) in [5.41, 5.74) is 2.33. The Balaban J connectivity index is 0. The van der Waals surface area contributed by atoms with Crippen LogP contribution in [-0.4, -0.2) is 24.2 Å². The maximum Gasteiger partial charge on any atom is 0.334 e. The number of carboxylic acids is 1. The molecule has 0 spiro atoms. The van der Waals surface area contributed by atoms with Crippen LogP contribution in [0.1, 0.15) is 45.2 Å². The Morgan fingerprint density at radius 1 is 1.22 bits per heavy atom. The van der Waals surface area contributed by atoms with Gasteiger partial charge in [0.25, 0.3) is 0 Å². The average molecular weight is 320 g/mol. The molecule has 128 valence electrons. The zero-order valence-corrected chi connectivity index (χ0v) is 15.0. The van der Waals surface area contributed by atoms with E-state index in [4.69, 9.17) is 5.11 Å². The molecular weight excluding hydrogens is 292 g/mol. The van der Waals surface area contributed by atoms with Crippen molar-refractivity contribution < 1.29 is 19.4 Å². The Hall–Kier alpha value is -2.36. The first-order valence-corrected chi connectivity index (χ1v) is 7.72. The highest BCUT2D eigenvalue weighted by Crippen LogP contribution is 2.24. The van der Waals surface area contributed by atoms with Gasteiger partial charge in [-0.25, -0.2) is 4.79 Å². The predicted octanol–water partition coefficient (Wildman–Crippen LogP) is 4.63. The van der Waals surface area contributed by atoms with Gasteiger partial charge in [0.05, 0.1) is 19.1 Å². The van der Waals surface area contributed by atoms with Gasteiger partial charge in [0.15, 0.2) is 0 Å². The summed E-state index contributed by atoms with van der Waals surface area (Å²) in [6, 6.07) is 7.42. The van der Waals surface area contributed by atoms with E-state index in [0.29, 0.717) is 5.57 Å². The van der Waals surface area contributed by atoms with Gasteiger partial charge in [-0.1, -0.05) is 70.2 Å². The van der Waals surface area contributed by atoms with E-state index in [1.807, 2.05) is 52.8 Å². The van der Waals surface area contributed by atoms with Crippen molar-refractivity contribution in [1.29, 1.82) is 0 Å². The van der Waals surface area contributed by atoms with E-state index in [1.165, 1.54) is 13.2 Å². The number of benzene rings is 1. The molecule has 0 radical (unpaired) electrons. The summed E-state index contributed by atoms with van der Waals surface area (Å²) >= 11 is 0. The standard InChI is InChI=1S/C15H16O4.2C2H6/c1-4-12(11-7-5-6-10(2)8-11)13(9-14(16)17)15(18)19-3;2*1-2/h4-8H,1,9H2,2-3H3,(H,16,17);2*1-2H3/b13-12-;;. The van der Waals surface area contributed by atoms with Crippen molar-refractivity contribution in [2.75, 3.05) is 7.11 Å². The molecule has 1 aromatic carbocycles. The number of esters is 1. The van der Waals surface area contributed by atoms with Gasteiger partial charge in [-0.3, -0.25) is 4.79 Å². The van der Waals surface area contributed by atoms with Gasteiger partial charge in [0.2, 0.25) is 0 Å². The molecule has 0 heterocycles. The molecule has 1 N–H and O–H groups in total. The Bertz CT molecular complexity index is 542. The van der Waals surface area contributed by atoms with Gasteiger partial charge in [0.1, 0.15) is 0 Å². The molecule has 0 aliphatic heterocycles. The number of carbonyl (C=O) groups excluding carboxylic acids is 1. The monoisotopic (exact) mass is 320 g/mol. The minimum Gasteiger partial charge on any atom is -0.481 e. The van der Waals surface area contributed by atoms with Crippen molar-refractivity contribution in [2.45, 2.75) is 41.0 Å². The van der Waals surface area contributed by atoms with Crippen molar-refractivity contribution >= 4 is 17.5 Å². The molecule has 23 heavy (non-hydrogen) atoms. The highest BCUT2D eigenvalue weighted by molar-refractivity contribution is 6.03. The lowest BCUT2D eigenvalue weighted by Crippen LogP contribution is -2.11. The number of hydrogen-bond acceptors (Lipinski definition) is 3. The topological polar surface area (TPSA) is 63.6 Å². The number of methoxy groups -OCH3 is 1. The van der Waals surface area contributed by atoms with Crippen LogP contribution in [0.3, 0.4) is 0 Å². The Kier molecular flexibility index (Phi) is 13.3. The fourth-order valence-corrected chi connectivity index (χ4v) is 1.78. The fourth-order valence-electron chi connectivity index (χ4n) is 1.78. The van der Waals surface area contributed by atoms with Crippen molar-refractivity contribution in [3.8, 4) is 0 Å². The normalized spacial score (nSPS) is 10.0. The summed E-state index contributed by atoms with van der Waals surface area (Å²) in [5, 5.41) is 8.90. The Morgan fingerprint density at radius 3 is 2.17 bits per heavy atom. The molecule has 0 atom stereocenters. The lowest BCUT2D eigenvalue weighted by Gasteiger charge is -2.10. The minimum absolute atomic E-state index is 0.0931. The van der Waals surface area contributed by atoms with E-state index >= 15 is 0 Å². The molecule has 0 saturated carbocycles. The highest BCUT2D eigenvalue weighted by Gasteiger charge is 2.18. The molecule has 4 nitrogen and oxygen atoms in total. The van der Waals surface area contributed by atoms with Crippen LogP contribution in [0.5, 0.6) is 0 Å². The first-order valence-electron chi connectivity index (χ1n) is 7.72. The highest BCUT2D eigenvalue weighted by atomic mass is 16.5. The molecule has 1 aromatic rings. The zero-order valence-electron chi connectivity index (χ0n) is 15.0. The molecule has 0 fully saturated rings. The van der Waals surface area contributed by atoms with Gasteiger partial charge < -0.3 is 9.84 Å². The molecular formula is C19H28O4. The van der Waals surface area contributed by atoms with Gasteiger partial charge in [-0.2, -0.15) is 0 Å². The molecule has 0 bridgehead atoms. The second-order valence-corrected chi connectivity index (χ2v) is 4.03. The minimum atomic E-state index is -1.09. The average Bonchev–Trinajstić information content (AvgIpc) is 2.57.